The molecule has 4 rings (SSSR count). The van der Waals surface area contributed by atoms with Gasteiger partial charge in [0.05, 0.1) is 12.2 Å². The Balaban J connectivity index is 1.47. The molecule has 1 aliphatic heterocycles. The number of aromatic nitrogens is 1. The number of hydrogen-bond acceptors (Lipinski definition) is 3. The molecular formula is C19H23FN2O3. The zero-order valence-corrected chi connectivity index (χ0v) is 14.3. The topological polar surface area (TPSA) is 65.6 Å². The number of aliphatic hydroxyl groups is 1. The van der Waals surface area contributed by atoms with E-state index in [2.05, 4.69) is 4.98 Å². The summed E-state index contributed by atoms with van der Waals surface area (Å²) in [6.07, 6.45) is 1.95. The lowest BCUT2D eigenvalue weighted by atomic mass is 9.58. The van der Waals surface area contributed by atoms with Crippen LogP contribution in [-0.4, -0.2) is 52.8 Å². The van der Waals surface area contributed by atoms with Crippen LogP contribution in [-0.2, 0) is 4.74 Å². The third-order valence-corrected chi connectivity index (χ3v) is 5.90. The lowest BCUT2D eigenvalue weighted by Gasteiger charge is -2.56. The van der Waals surface area contributed by atoms with Crippen molar-refractivity contribution in [2.75, 3.05) is 19.7 Å². The largest absolute Gasteiger partial charge is 0.392 e. The smallest absolute Gasteiger partial charge is 0.270 e. The summed E-state index contributed by atoms with van der Waals surface area (Å²) in [6.45, 7) is 3.82. The van der Waals surface area contributed by atoms with E-state index in [1.54, 1.807) is 17.0 Å². The van der Waals surface area contributed by atoms with Gasteiger partial charge in [0.15, 0.2) is 0 Å². The number of carbonyl (C=O) groups is 1. The predicted molar refractivity (Wildman–Crippen MR) is 91.9 cm³/mol. The van der Waals surface area contributed by atoms with Crippen molar-refractivity contribution in [3.8, 4) is 0 Å². The third-order valence-electron chi connectivity index (χ3n) is 5.90. The van der Waals surface area contributed by atoms with Gasteiger partial charge in [-0.3, -0.25) is 4.79 Å². The van der Waals surface area contributed by atoms with Crippen molar-refractivity contribution >= 4 is 16.8 Å². The van der Waals surface area contributed by atoms with Crippen LogP contribution in [0.5, 0.6) is 0 Å². The number of nitrogens with zero attached hydrogens (tertiary/aromatic N) is 1. The Bertz CT molecular complexity index is 793. The first-order valence-electron chi connectivity index (χ1n) is 8.91. The number of piperidine rings is 1. The number of aromatic amines is 1. The van der Waals surface area contributed by atoms with Crippen LogP contribution in [0.1, 0.15) is 36.7 Å². The molecule has 1 aromatic carbocycles. The van der Waals surface area contributed by atoms with Crippen LogP contribution in [0.15, 0.2) is 24.3 Å². The number of rotatable bonds is 3. The van der Waals surface area contributed by atoms with Crippen molar-refractivity contribution in [1.82, 2.24) is 9.88 Å². The monoisotopic (exact) mass is 346 g/mol. The molecule has 134 valence electrons. The Kier molecular flexibility index (Phi) is 4.04. The van der Waals surface area contributed by atoms with Crippen molar-refractivity contribution in [2.24, 2.45) is 5.41 Å². The molecule has 2 heterocycles. The molecule has 2 aromatic rings. The van der Waals surface area contributed by atoms with Crippen LogP contribution in [0.25, 0.3) is 10.9 Å². The van der Waals surface area contributed by atoms with Gasteiger partial charge in [0.25, 0.3) is 5.91 Å². The van der Waals surface area contributed by atoms with Gasteiger partial charge in [-0.25, -0.2) is 4.39 Å². The average molecular weight is 346 g/mol. The number of benzene rings is 1. The first-order chi connectivity index (χ1) is 12.0. The van der Waals surface area contributed by atoms with Crippen LogP contribution >= 0.6 is 0 Å². The molecule has 1 spiro atoms. The van der Waals surface area contributed by atoms with Crippen molar-refractivity contribution < 1.29 is 19.0 Å². The minimum atomic E-state index is -0.336. The SMILES string of the molecule is CCO[C@H]1C[C@@H](O)C12CCN(C(=O)c1cc3cc(F)ccc3[nH]1)CC2. The lowest BCUT2D eigenvalue weighted by Crippen LogP contribution is -2.62. The Hall–Kier alpha value is -1.92. The maximum absolute atomic E-state index is 13.3. The molecule has 1 amide bonds. The van der Waals surface area contributed by atoms with Gasteiger partial charge in [0.2, 0.25) is 0 Å². The molecule has 0 unspecified atom stereocenters. The minimum absolute atomic E-state index is 0.0757. The van der Waals surface area contributed by atoms with E-state index in [0.29, 0.717) is 37.2 Å². The molecule has 2 aliphatic rings. The fourth-order valence-corrected chi connectivity index (χ4v) is 4.33. The number of likely N-dealkylation sites (tertiary alicyclic amines) is 1. The summed E-state index contributed by atoms with van der Waals surface area (Å²) in [4.78, 5) is 17.6. The molecule has 6 heteroatoms. The molecule has 0 bridgehead atoms. The number of fused-ring (bicyclic) bond motifs is 1. The van der Waals surface area contributed by atoms with Gasteiger partial charge >= 0.3 is 0 Å². The minimum Gasteiger partial charge on any atom is -0.392 e. The van der Waals surface area contributed by atoms with E-state index in [9.17, 15) is 14.3 Å². The Morgan fingerprint density at radius 2 is 2.16 bits per heavy atom. The summed E-state index contributed by atoms with van der Waals surface area (Å²) in [5, 5.41) is 11.0. The van der Waals surface area contributed by atoms with Crippen molar-refractivity contribution in [2.45, 2.75) is 38.4 Å². The number of aliphatic hydroxyl groups excluding tert-OH is 1. The molecule has 1 saturated heterocycles. The first-order valence-corrected chi connectivity index (χ1v) is 8.91. The Morgan fingerprint density at radius 3 is 2.84 bits per heavy atom. The highest BCUT2D eigenvalue weighted by molar-refractivity contribution is 5.98. The molecule has 1 aliphatic carbocycles. The van der Waals surface area contributed by atoms with Crippen LogP contribution in [0.4, 0.5) is 4.39 Å². The van der Waals surface area contributed by atoms with E-state index in [0.717, 1.165) is 18.4 Å². The van der Waals surface area contributed by atoms with Gasteiger partial charge < -0.3 is 19.7 Å². The van der Waals surface area contributed by atoms with Gasteiger partial charge in [-0.05, 0) is 44.0 Å². The second-order valence-electron chi connectivity index (χ2n) is 7.14. The van der Waals surface area contributed by atoms with Crippen molar-refractivity contribution in [3.05, 3.63) is 35.8 Å². The van der Waals surface area contributed by atoms with Crippen molar-refractivity contribution in [3.63, 3.8) is 0 Å². The molecule has 2 N–H and O–H groups in total. The summed E-state index contributed by atoms with van der Waals surface area (Å²) < 4.78 is 19.1. The molecule has 0 radical (unpaired) electrons. The number of amides is 1. The second kappa shape index (κ2) is 6.11. The number of nitrogens with one attached hydrogen (secondary N) is 1. The maximum Gasteiger partial charge on any atom is 0.270 e. The summed E-state index contributed by atoms with van der Waals surface area (Å²) in [7, 11) is 0. The standard InChI is InChI=1S/C19H23FN2O3/c1-2-25-17-11-16(23)19(17)5-7-22(8-6-19)18(24)15-10-12-9-13(20)3-4-14(12)21-15/h3-4,9-10,16-17,21,23H,2,5-8,11H2,1H3/t16-,17+/m1/s1. The van der Waals surface area contributed by atoms with Gasteiger partial charge in [-0.1, -0.05) is 0 Å². The van der Waals surface area contributed by atoms with Crippen LogP contribution < -0.4 is 0 Å². The molecule has 2 atom stereocenters. The van der Waals surface area contributed by atoms with Crippen LogP contribution in [0.3, 0.4) is 0 Å². The number of hydrogen-bond donors (Lipinski definition) is 2. The molecule has 1 aromatic heterocycles. The summed E-state index contributed by atoms with van der Waals surface area (Å²) in [5.41, 5.74) is 1.03. The second-order valence-corrected chi connectivity index (χ2v) is 7.14. The van der Waals surface area contributed by atoms with Crippen LogP contribution in [0.2, 0.25) is 0 Å². The summed E-state index contributed by atoms with van der Waals surface area (Å²) >= 11 is 0. The molecule has 25 heavy (non-hydrogen) atoms. The average Bonchev–Trinajstić information content (AvgIpc) is 3.04. The molecule has 2 fully saturated rings. The Labute approximate surface area is 145 Å². The van der Waals surface area contributed by atoms with E-state index >= 15 is 0 Å². The number of H-pyrrole nitrogens is 1. The fraction of sp³-hybridized carbons (Fsp3) is 0.526. The highest BCUT2D eigenvalue weighted by Crippen LogP contribution is 2.51. The number of ether oxygens (including phenoxy) is 1. The van der Waals surface area contributed by atoms with E-state index in [1.165, 1.54) is 12.1 Å². The van der Waals surface area contributed by atoms with Gasteiger partial charge in [0.1, 0.15) is 11.5 Å². The van der Waals surface area contributed by atoms with Gasteiger partial charge in [0, 0.05) is 42.4 Å². The van der Waals surface area contributed by atoms with Crippen molar-refractivity contribution in [1.29, 1.82) is 0 Å². The van der Waals surface area contributed by atoms with Crippen LogP contribution in [0, 0.1) is 11.2 Å². The third kappa shape index (κ3) is 2.64. The van der Waals surface area contributed by atoms with E-state index in [1.807, 2.05) is 6.92 Å². The highest BCUT2D eigenvalue weighted by Gasteiger charge is 2.56. The zero-order chi connectivity index (χ0) is 17.6. The normalized spacial score (nSPS) is 25.3. The molecule has 5 nitrogen and oxygen atoms in total. The van der Waals surface area contributed by atoms with Gasteiger partial charge in [-0.2, -0.15) is 0 Å². The number of halogens is 1. The number of carbonyl (C=O) groups excluding carboxylic acids is 1. The first kappa shape index (κ1) is 16.5. The van der Waals surface area contributed by atoms with E-state index < -0.39 is 0 Å². The zero-order valence-electron chi connectivity index (χ0n) is 14.3. The fourth-order valence-electron chi connectivity index (χ4n) is 4.33. The molecule has 1 saturated carbocycles. The molecular weight excluding hydrogens is 323 g/mol. The van der Waals surface area contributed by atoms with E-state index in [4.69, 9.17) is 4.74 Å². The quantitative estimate of drug-likeness (QED) is 0.898. The predicted octanol–water partition coefficient (Wildman–Crippen LogP) is 2.70. The lowest BCUT2D eigenvalue weighted by molar-refractivity contribution is -0.207. The van der Waals surface area contributed by atoms with Gasteiger partial charge in [-0.15, -0.1) is 0 Å². The maximum atomic E-state index is 13.3. The Morgan fingerprint density at radius 1 is 1.40 bits per heavy atom. The van der Waals surface area contributed by atoms with E-state index in [-0.39, 0.29) is 29.3 Å². The summed E-state index contributed by atoms with van der Waals surface area (Å²) in [6, 6.07) is 6.14. The summed E-state index contributed by atoms with van der Waals surface area (Å²) in [5.74, 6) is -0.389. The highest BCUT2D eigenvalue weighted by atomic mass is 19.1.